The molecule has 1 saturated heterocycles. The van der Waals surface area contributed by atoms with E-state index in [0.717, 1.165) is 19.5 Å². The molecule has 1 amide bonds. The number of nitrogens with zero attached hydrogens (tertiary/aromatic N) is 2. The zero-order valence-electron chi connectivity index (χ0n) is 10.7. The summed E-state index contributed by atoms with van der Waals surface area (Å²) in [6.45, 7) is 6.08. The zero-order chi connectivity index (χ0) is 13.3. The molecule has 0 aliphatic carbocycles. The molecular formula is C13H18BrN3O. The molecule has 1 aliphatic heterocycles. The van der Waals surface area contributed by atoms with E-state index >= 15 is 0 Å². The molecule has 1 atom stereocenters. The van der Waals surface area contributed by atoms with Crippen molar-refractivity contribution in [1.82, 2.24) is 9.88 Å². The molecule has 1 unspecified atom stereocenters. The first-order valence-corrected chi connectivity index (χ1v) is 6.98. The highest BCUT2D eigenvalue weighted by molar-refractivity contribution is 9.10. The van der Waals surface area contributed by atoms with Crippen LogP contribution in [0.4, 0.5) is 5.82 Å². The van der Waals surface area contributed by atoms with Crippen LogP contribution in [0.5, 0.6) is 0 Å². The number of nitrogens with two attached hydrogens (primary N) is 1. The highest BCUT2D eigenvalue weighted by Crippen LogP contribution is 2.27. The summed E-state index contributed by atoms with van der Waals surface area (Å²) in [5, 5.41) is 0. The molecule has 18 heavy (non-hydrogen) atoms. The molecule has 0 spiro atoms. The minimum Gasteiger partial charge on any atom is -0.384 e. The minimum absolute atomic E-state index is 0.0409. The molecule has 2 rings (SSSR count). The normalized spacial score (nSPS) is 19.6. The quantitative estimate of drug-likeness (QED) is 0.913. The van der Waals surface area contributed by atoms with Gasteiger partial charge >= 0.3 is 0 Å². The summed E-state index contributed by atoms with van der Waals surface area (Å²) < 4.78 is 0.703. The van der Waals surface area contributed by atoms with Gasteiger partial charge in [-0.2, -0.15) is 0 Å². The van der Waals surface area contributed by atoms with Gasteiger partial charge < -0.3 is 10.6 Å². The molecule has 5 heteroatoms. The second-order valence-electron chi connectivity index (χ2n) is 5.13. The Hall–Kier alpha value is -1.10. The van der Waals surface area contributed by atoms with Crippen LogP contribution in [0.25, 0.3) is 0 Å². The third-order valence-corrected chi connectivity index (χ3v) is 4.19. The Labute approximate surface area is 116 Å². The van der Waals surface area contributed by atoms with Crippen LogP contribution >= 0.6 is 15.9 Å². The van der Waals surface area contributed by atoms with Crippen LogP contribution in [-0.2, 0) is 0 Å². The number of hydrogen-bond acceptors (Lipinski definition) is 3. The Balaban J connectivity index is 2.15. The second-order valence-corrected chi connectivity index (χ2v) is 5.99. The van der Waals surface area contributed by atoms with E-state index in [4.69, 9.17) is 5.73 Å². The summed E-state index contributed by atoms with van der Waals surface area (Å²) >= 11 is 3.36. The van der Waals surface area contributed by atoms with Crippen molar-refractivity contribution in [2.24, 2.45) is 11.8 Å². The van der Waals surface area contributed by atoms with Gasteiger partial charge in [-0.15, -0.1) is 0 Å². The summed E-state index contributed by atoms with van der Waals surface area (Å²) in [5.74, 6) is 1.64. The number of nitrogen functional groups attached to an aromatic ring is 1. The average molecular weight is 312 g/mol. The smallest absolute Gasteiger partial charge is 0.255 e. The molecule has 0 bridgehead atoms. The monoisotopic (exact) mass is 311 g/mol. The van der Waals surface area contributed by atoms with E-state index in [0.29, 0.717) is 27.7 Å². The number of amides is 1. The molecule has 2 heterocycles. The second kappa shape index (κ2) is 5.26. The standard InChI is InChI=1S/C13H18BrN3O/c1-8(2)9-3-4-17(7-9)13(18)10-5-12(15)16-6-11(10)14/h5-6,8-9H,3-4,7H2,1-2H3,(H2,15,16). The topological polar surface area (TPSA) is 59.2 Å². The number of halogens is 1. The SMILES string of the molecule is CC(C)C1CCN(C(=O)c2cc(N)ncc2Br)C1. The summed E-state index contributed by atoms with van der Waals surface area (Å²) in [5.41, 5.74) is 6.24. The molecule has 0 aromatic carbocycles. The van der Waals surface area contributed by atoms with Gasteiger partial charge in [0, 0.05) is 23.8 Å². The number of carbonyl (C=O) groups is 1. The lowest BCUT2D eigenvalue weighted by molar-refractivity contribution is 0.0783. The third-order valence-electron chi connectivity index (χ3n) is 3.56. The Morgan fingerprint density at radius 3 is 2.94 bits per heavy atom. The van der Waals surface area contributed by atoms with Crippen LogP contribution in [0.1, 0.15) is 30.6 Å². The van der Waals surface area contributed by atoms with Gasteiger partial charge in [-0.3, -0.25) is 4.79 Å². The fourth-order valence-corrected chi connectivity index (χ4v) is 2.69. The summed E-state index contributed by atoms with van der Waals surface area (Å²) in [4.78, 5) is 18.3. The predicted molar refractivity (Wildman–Crippen MR) is 75.2 cm³/mol. The lowest BCUT2D eigenvalue weighted by atomic mass is 9.95. The maximum Gasteiger partial charge on any atom is 0.255 e. The van der Waals surface area contributed by atoms with Crippen LogP contribution in [0.15, 0.2) is 16.7 Å². The summed E-state index contributed by atoms with van der Waals surface area (Å²) in [6.07, 6.45) is 2.67. The van der Waals surface area contributed by atoms with Crippen molar-refractivity contribution < 1.29 is 4.79 Å². The summed E-state index contributed by atoms with van der Waals surface area (Å²) in [6, 6.07) is 1.63. The third kappa shape index (κ3) is 2.66. The molecule has 1 fully saturated rings. The van der Waals surface area contributed by atoms with E-state index in [9.17, 15) is 4.79 Å². The number of pyridine rings is 1. The van der Waals surface area contributed by atoms with Crippen molar-refractivity contribution in [3.8, 4) is 0 Å². The zero-order valence-corrected chi connectivity index (χ0v) is 12.3. The first-order valence-electron chi connectivity index (χ1n) is 6.19. The lowest BCUT2D eigenvalue weighted by Gasteiger charge is -2.18. The van der Waals surface area contributed by atoms with Gasteiger partial charge in [-0.25, -0.2) is 4.98 Å². The van der Waals surface area contributed by atoms with E-state index in [1.807, 2.05) is 4.90 Å². The number of aromatic nitrogens is 1. The molecule has 0 saturated carbocycles. The van der Waals surface area contributed by atoms with Crippen LogP contribution < -0.4 is 5.73 Å². The van der Waals surface area contributed by atoms with Gasteiger partial charge in [0.1, 0.15) is 5.82 Å². The fourth-order valence-electron chi connectivity index (χ4n) is 2.31. The Bertz CT molecular complexity index is 462. The van der Waals surface area contributed by atoms with E-state index in [2.05, 4.69) is 34.8 Å². The number of hydrogen-bond donors (Lipinski definition) is 1. The van der Waals surface area contributed by atoms with Gasteiger partial charge in [-0.1, -0.05) is 13.8 Å². The van der Waals surface area contributed by atoms with Crippen LogP contribution in [0.2, 0.25) is 0 Å². The van der Waals surface area contributed by atoms with Gasteiger partial charge in [0.05, 0.1) is 5.56 Å². The minimum atomic E-state index is 0.0409. The molecule has 98 valence electrons. The Kier molecular flexibility index (Phi) is 3.90. The van der Waals surface area contributed by atoms with E-state index in [1.165, 1.54) is 0 Å². The van der Waals surface area contributed by atoms with Crippen LogP contribution in [-0.4, -0.2) is 28.9 Å². The van der Waals surface area contributed by atoms with Crippen molar-refractivity contribution >= 4 is 27.7 Å². The van der Waals surface area contributed by atoms with Gasteiger partial charge in [0.15, 0.2) is 0 Å². The molecule has 1 aromatic rings. The molecule has 2 N–H and O–H groups in total. The molecule has 1 aromatic heterocycles. The number of anilines is 1. The fraction of sp³-hybridized carbons (Fsp3) is 0.538. The van der Waals surface area contributed by atoms with Crippen molar-refractivity contribution in [1.29, 1.82) is 0 Å². The number of carbonyl (C=O) groups excluding carboxylic acids is 1. The number of rotatable bonds is 2. The number of likely N-dealkylation sites (tertiary alicyclic amines) is 1. The maximum absolute atomic E-state index is 12.4. The van der Waals surface area contributed by atoms with Crippen LogP contribution in [0.3, 0.4) is 0 Å². The van der Waals surface area contributed by atoms with E-state index in [-0.39, 0.29) is 5.91 Å². The van der Waals surface area contributed by atoms with Crippen LogP contribution in [0, 0.1) is 11.8 Å². The first kappa shape index (κ1) is 13.3. The van der Waals surface area contributed by atoms with Gasteiger partial charge in [-0.05, 0) is 40.3 Å². The van der Waals surface area contributed by atoms with Crippen molar-refractivity contribution in [3.63, 3.8) is 0 Å². The highest BCUT2D eigenvalue weighted by Gasteiger charge is 2.29. The lowest BCUT2D eigenvalue weighted by Crippen LogP contribution is -2.29. The van der Waals surface area contributed by atoms with Gasteiger partial charge in [0.25, 0.3) is 5.91 Å². The van der Waals surface area contributed by atoms with Crippen molar-refractivity contribution in [2.45, 2.75) is 20.3 Å². The van der Waals surface area contributed by atoms with Gasteiger partial charge in [0.2, 0.25) is 0 Å². The van der Waals surface area contributed by atoms with Crippen molar-refractivity contribution in [2.75, 3.05) is 18.8 Å². The Morgan fingerprint density at radius 2 is 2.33 bits per heavy atom. The molecule has 4 nitrogen and oxygen atoms in total. The maximum atomic E-state index is 12.4. The average Bonchev–Trinajstić information content (AvgIpc) is 2.81. The predicted octanol–water partition coefficient (Wildman–Crippen LogP) is 2.54. The Morgan fingerprint density at radius 1 is 1.61 bits per heavy atom. The highest BCUT2D eigenvalue weighted by atomic mass is 79.9. The largest absolute Gasteiger partial charge is 0.384 e. The van der Waals surface area contributed by atoms with E-state index < -0.39 is 0 Å². The first-order chi connectivity index (χ1) is 8.49. The molecule has 1 aliphatic rings. The molecular weight excluding hydrogens is 294 g/mol. The van der Waals surface area contributed by atoms with Crippen molar-refractivity contribution in [3.05, 3.63) is 22.3 Å². The summed E-state index contributed by atoms with van der Waals surface area (Å²) in [7, 11) is 0. The van der Waals surface area contributed by atoms with E-state index in [1.54, 1.807) is 12.3 Å². The molecule has 0 radical (unpaired) electrons.